The number of anilines is 3. The second kappa shape index (κ2) is 6.66. The first-order chi connectivity index (χ1) is 14.7. The molecule has 4 aromatic rings. The zero-order valence-electron chi connectivity index (χ0n) is 17.5. The van der Waals surface area contributed by atoms with Crippen molar-refractivity contribution in [1.82, 2.24) is 0 Å². The average molecular weight is 396 g/mol. The van der Waals surface area contributed by atoms with Crippen molar-refractivity contribution in [2.75, 3.05) is 11.5 Å². The van der Waals surface area contributed by atoms with E-state index in [1.807, 2.05) is 0 Å². The standard InChI is InChI=1S/C27H25NO2/c1-17-8-12-23-20(15-17)10-11-21-22-16-18(2)9-13-25(22)30-27(21)28(23)24-7-3-5-19-6-4-14-29-26(19)24/h3,5,7-9,12-13,15-16H,4,6,10-11,14H2,1-2H3. The Balaban J connectivity index is 1.66. The quantitative estimate of drug-likeness (QED) is 0.349. The van der Waals surface area contributed by atoms with Gasteiger partial charge in [-0.3, -0.25) is 4.90 Å². The average Bonchev–Trinajstić information content (AvgIpc) is 3.02. The number of benzene rings is 3. The summed E-state index contributed by atoms with van der Waals surface area (Å²) in [7, 11) is 0. The van der Waals surface area contributed by atoms with Crippen LogP contribution in [0.25, 0.3) is 11.0 Å². The predicted octanol–water partition coefficient (Wildman–Crippen LogP) is 6.94. The first kappa shape index (κ1) is 17.6. The van der Waals surface area contributed by atoms with Gasteiger partial charge < -0.3 is 9.15 Å². The maximum atomic E-state index is 6.54. The maximum Gasteiger partial charge on any atom is 0.209 e. The smallest absolute Gasteiger partial charge is 0.209 e. The number of furan rings is 1. The molecule has 2 aliphatic rings. The number of aryl methyl sites for hydroxylation is 5. The molecular weight excluding hydrogens is 370 g/mol. The van der Waals surface area contributed by atoms with Crippen LogP contribution in [0.1, 0.15) is 34.2 Å². The van der Waals surface area contributed by atoms with Gasteiger partial charge in [0.05, 0.1) is 18.0 Å². The Morgan fingerprint density at radius 3 is 2.60 bits per heavy atom. The Bertz CT molecular complexity index is 1280. The van der Waals surface area contributed by atoms with E-state index in [1.165, 1.54) is 38.9 Å². The minimum absolute atomic E-state index is 0.769. The fraction of sp³-hybridized carbons (Fsp3) is 0.259. The summed E-state index contributed by atoms with van der Waals surface area (Å²) in [6.07, 6.45) is 4.10. The second-order valence-corrected chi connectivity index (χ2v) is 8.57. The topological polar surface area (TPSA) is 25.6 Å². The molecule has 0 radical (unpaired) electrons. The van der Waals surface area contributed by atoms with Crippen LogP contribution in [0.3, 0.4) is 0 Å². The Labute approximate surface area is 176 Å². The van der Waals surface area contributed by atoms with E-state index in [4.69, 9.17) is 9.15 Å². The molecular formula is C27H25NO2. The van der Waals surface area contributed by atoms with E-state index in [0.717, 1.165) is 55.2 Å². The van der Waals surface area contributed by atoms with Gasteiger partial charge >= 0.3 is 0 Å². The Hall–Kier alpha value is -3.20. The van der Waals surface area contributed by atoms with Gasteiger partial charge in [-0.15, -0.1) is 0 Å². The van der Waals surface area contributed by atoms with E-state index < -0.39 is 0 Å². The van der Waals surface area contributed by atoms with Crippen molar-refractivity contribution in [2.24, 2.45) is 0 Å². The number of nitrogens with zero attached hydrogens (tertiary/aromatic N) is 1. The summed E-state index contributed by atoms with van der Waals surface area (Å²) in [6, 6.07) is 19.7. The van der Waals surface area contributed by atoms with E-state index in [-0.39, 0.29) is 0 Å². The fourth-order valence-corrected chi connectivity index (χ4v) is 4.96. The normalized spacial score (nSPS) is 15.2. The van der Waals surface area contributed by atoms with Crippen molar-refractivity contribution in [3.05, 3.63) is 82.4 Å². The number of hydrogen-bond donors (Lipinski definition) is 0. The van der Waals surface area contributed by atoms with Crippen molar-refractivity contribution in [2.45, 2.75) is 39.5 Å². The lowest BCUT2D eigenvalue weighted by atomic mass is 10.0. The third-order valence-electron chi connectivity index (χ3n) is 6.40. The summed E-state index contributed by atoms with van der Waals surface area (Å²) in [5.41, 5.74) is 9.71. The van der Waals surface area contributed by atoms with E-state index in [1.54, 1.807) is 0 Å². The molecule has 0 unspecified atom stereocenters. The molecule has 0 amide bonds. The Kier molecular flexibility index (Phi) is 3.92. The van der Waals surface area contributed by atoms with Crippen LogP contribution in [0.2, 0.25) is 0 Å². The lowest BCUT2D eigenvalue weighted by molar-refractivity contribution is 0.289. The molecule has 0 N–H and O–H groups in total. The van der Waals surface area contributed by atoms with Crippen molar-refractivity contribution in [3.8, 4) is 5.75 Å². The lowest BCUT2D eigenvalue weighted by Crippen LogP contribution is -2.16. The van der Waals surface area contributed by atoms with Crippen molar-refractivity contribution in [3.63, 3.8) is 0 Å². The number of rotatable bonds is 1. The summed E-state index contributed by atoms with van der Waals surface area (Å²) >= 11 is 0. The van der Waals surface area contributed by atoms with Crippen molar-refractivity contribution >= 4 is 28.2 Å². The fourth-order valence-electron chi connectivity index (χ4n) is 4.96. The van der Waals surface area contributed by atoms with Gasteiger partial charge in [-0.1, -0.05) is 41.5 Å². The molecule has 2 aliphatic heterocycles. The molecule has 6 rings (SSSR count). The maximum absolute atomic E-state index is 6.54. The zero-order chi connectivity index (χ0) is 20.2. The van der Waals surface area contributed by atoms with Crippen LogP contribution >= 0.6 is 0 Å². The van der Waals surface area contributed by atoms with Crippen LogP contribution in [-0.4, -0.2) is 6.61 Å². The SMILES string of the molecule is Cc1ccc2c(c1)CCc1c(oc3ccc(C)cc13)N2c1cccc2c1OCCC2. The highest BCUT2D eigenvalue weighted by Crippen LogP contribution is 2.49. The van der Waals surface area contributed by atoms with Crippen molar-refractivity contribution in [1.29, 1.82) is 0 Å². The molecule has 3 nitrogen and oxygen atoms in total. The van der Waals surface area contributed by atoms with Gasteiger partial charge in [0, 0.05) is 10.9 Å². The molecule has 30 heavy (non-hydrogen) atoms. The van der Waals surface area contributed by atoms with Gasteiger partial charge in [0.2, 0.25) is 5.88 Å². The zero-order valence-corrected chi connectivity index (χ0v) is 17.5. The Morgan fingerprint density at radius 1 is 0.800 bits per heavy atom. The van der Waals surface area contributed by atoms with Crippen LogP contribution in [-0.2, 0) is 19.3 Å². The molecule has 3 heterocycles. The molecule has 0 aliphatic carbocycles. The van der Waals surface area contributed by atoms with E-state index in [2.05, 4.69) is 73.3 Å². The van der Waals surface area contributed by atoms with E-state index in [0.29, 0.717) is 0 Å². The van der Waals surface area contributed by atoms with Gasteiger partial charge in [-0.25, -0.2) is 0 Å². The molecule has 3 aromatic carbocycles. The Morgan fingerprint density at radius 2 is 1.67 bits per heavy atom. The molecule has 0 saturated carbocycles. The molecule has 1 aromatic heterocycles. The van der Waals surface area contributed by atoms with E-state index >= 15 is 0 Å². The molecule has 150 valence electrons. The summed E-state index contributed by atoms with van der Waals surface area (Å²) in [4.78, 5) is 2.30. The van der Waals surface area contributed by atoms with Crippen LogP contribution < -0.4 is 9.64 Å². The van der Waals surface area contributed by atoms with Crippen LogP contribution in [0.15, 0.2) is 59.0 Å². The molecule has 0 spiro atoms. The summed E-state index contributed by atoms with van der Waals surface area (Å²) in [5.74, 6) is 1.93. The first-order valence-corrected chi connectivity index (χ1v) is 10.9. The highest BCUT2D eigenvalue weighted by Gasteiger charge is 2.30. The molecule has 0 fully saturated rings. The number of ether oxygens (including phenoxy) is 1. The third kappa shape index (κ3) is 2.65. The van der Waals surface area contributed by atoms with Gasteiger partial charge in [-0.2, -0.15) is 0 Å². The van der Waals surface area contributed by atoms with Crippen LogP contribution in [0, 0.1) is 13.8 Å². The van der Waals surface area contributed by atoms with Crippen LogP contribution in [0.4, 0.5) is 17.3 Å². The highest BCUT2D eigenvalue weighted by atomic mass is 16.5. The number of hydrogen-bond acceptors (Lipinski definition) is 3. The van der Waals surface area contributed by atoms with Gasteiger partial charge in [0.15, 0.2) is 0 Å². The molecule has 0 atom stereocenters. The lowest BCUT2D eigenvalue weighted by Gasteiger charge is -2.29. The first-order valence-electron chi connectivity index (χ1n) is 10.9. The van der Waals surface area contributed by atoms with Gasteiger partial charge in [-0.05, 0) is 74.9 Å². The van der Waals surface area contributed by atoms with Gasteiger partial charge in [0.1, 0.15) is 11.3 Å². The number of para-hydroxylation sites is 1. The van der Waals surface area contributed by atoms with Gasteiger partial charge in [0.25, 0.3) is 0 Å². The predicted molar refractivity (Wildman–Crippen MR) is 122 cm³/mol. The minimum Gasteiger partial charge on any atom is -0.491 e. The second-order valence-electron chi connectivity index (χ2n) is 8.57. The largest absolute Gasteiger partial charge is 0.491 e. The number of fused-ring (bicyclic) bond motifs is 5. The third-order valence-corrected chi connectivity index (χ3v) is 6.40. The summed E-state index contributed by atoms with van der Waals surface area (Å²) in [5, 5.41) is 1.23. The highest BCUT2D eigenvalue weighted by molar-refractivity contribution is 5.92. The molecule has 0 saturated heterocycles. The monoisotopic (exact) mass is 395 g/mol. The minimum atomic E-state index is 0.769. The molecule has 3 heteroatoms. The summed E-state index contributed by atoms with van der Waals surface area (Å²) < 4.78 is 12.8. The van der Waals surface area contributed by atoms with Crippen molar-refractivity contribution < 1.29 is 9.15 Å². The molecule has 0 bridgehead atoms. The van der Waals surface area contributed by atoms with Crippen LogP contribution in [0.5, 0.6) is 5.75 Å². The summed E-state index contributed by atoms with van der Waals surface area (Å²) in [6.45, 7) is 5.08. The van der Waals surface area contributed by atoms with E-state index in [9.17, 15) is 0 Å².